The maximum Gasteiger partial charge on any atom is 0.391 e. The van der Waals surface area contributed by atoms with Crippen LogP contribution in [0.3, 0.4) is 0 Å². The maximum absolute atomic E-state index is 11.9. The monoisotopic (exact) mass is 277 g/mol. The van der Waals surface area contributed by atoms with E-state index < -0.39 is 18.1 Å². The third-order valence-corrected chi connectivity index (χ3v) is 2.85. The predicted octanol–water partition coefficient (Wildman–Crippen LogP) is 2.19. The van der Waals surface area contributed by atoms with Crippen LogP contribution in [0.15, 0.2) is 30.3 Å². The Kier molecular flexibility index (Phi) is 5.78. The van der Waals surface area contributed by atoms with Crippen molar-refractivity contribution in [2.24, 2.45) is 5.73 Å². The number of ether oxygens (including phenoxy) is 1. The van der Waals surface area contributed by atoms with Crippen LogP contribution in [0.1, 0.15) is 18.4 Å². The van der Waals surface area contributed by atoms with E-state index in [4.69, 9.17) is 10.5 Å². The van der Waals surface area contributed by atoms with Crippen LogP contribution in [0.2, 0.25) is 0 Å². The largest absolute Gasteiger partial charge is 0.394 e. The highest BCUT2D eigenvalue weighted by molar-refractivity contribution is 5.23. The van der Waals surface area contributed by atoms with Gasteiger partial charge < -0.3 is 15.6 Å². The number of aliphatic hydroxyl groups is 1. The molecule has 1 rings (SSSR count). The normalized spacial score (nSPS) is 15.2. The van der Waals surface area contributed by atoms with Crippen LogP contribution in [0.5, 0.6) is 0 Å². The van der Waals surface area contributed by atoms with Gasteiger partial charge in [-0.15, -0.1) is 0 Å². The number of rotatable bonds is 7. The number of alkyl halides is 3. The molecule has 0 spiro atoms. The summed E-state index contributed by atoms with van der Waals surface area (Å²) in [6.07, 6.45) is -4.93. The van der Waals surface area contributed by atoms with E-state index in [1.807, 2.05) is 6.07 Å². The molecule has 0 aliphatic carbocycles. The van der Waals surface area contributed by atoms with Gasteiger partial charge in [0.25, 0.3) is 0 Å². The van der Waals surface area contributed by atoms with Gasteiger partial charge in [0.15, 0.2) is 0 Å². The lowest BCUT2D eigenvalue weighted by atomic mass is 9.89. The molecule has 0 saturated carbocycles. The smallest absolute Gasteiger partial charge is 0.391 e. The molecule has 0 amide bonds. The minimum atomic E-state index is -4.21. The molecule has 0 saturated heterocycles. The van der Waals surface area contributed by atoms with Crippen molar-refractivity contribution in [3.05, 3.63) is 35.9 Å². The highest BCUT2D eigenvalue weighted by atomic mass is 19.4. The van der Waals surface area contributed by atoms with Crippen LogP contribution in [0.25, 0.3) is 0 Å². The summed E-state index contributed by atoms with van der Waals surface area (Å²) in [5.41, 5.74) is 5.78. The lowest BCUT2D eigenvalue weighted by molar-refractivity contribution is -0.145. The zero-order valence-electron chi connectivity index (χ0n) is 10.5. The second kappa shape index (κ2) is 6.88. The highest BCUT2D eigenvalue weighted by Gasteiger charge is 2.28. The molecule has 3 N–H and O–H groups in total. The summed E-state index contributed by atoms with van der Waals surface area (Å²) in [4.78, 5) is 0. The van der Waals surface area contributed by atoms with Gasteiger partial charge >= 0.3 is 6.18 Å². The first-order chi connectivity index (χ1) is 8.87. The van der Waals surface area contributed by atoms with Crippen LogP contribution in [0.4, 0.5) is 13.2 Å². The summed E-state index contributed by atoms with van der Waals surface area (Å²) in [6.45, 7) is -0.610. The van der Waals surface area contributed by atoms with E-state index in [9.17, 15) is 18.3 Å². The van der Waals surface area contributed by atoms with Gasteiger partial charge in [-0.1, -0.05) is 30.3 Å². The summed E-state index contributed by atoms with van der Waals surface area (Å²) in [5, 5.41) is 9.36. The van der Waals surface area contributed by atoms with E-state index in [2.05, 4.69) is 0 Å². The fourth-order valence-corrected chi connectivity index (χ4v) is 1.63. The van der Waals surface area contributed by atoms with Crippen molar-refractivity contribution in [2.45, 2.75) is 24.6 Å². The summed E-state index contributed by atoms with van der Waals surface area (Å²) in [5.74, 6) is 0. The second-order valence-corrected chi connectivity index (χ2v) is 4.41. The third-order valence-electron chi connectivity index (χ3n) is 2.85. The zero-order valence-corrected chi connectivity index (χ0v) is 10.5. The fourth-order valence-electron chi connectivity index (χ4n) is 1.63. The molecule has 1 atom stereocenters. The summed E-state index contributed by atoms with van der Waals surface area (Å²) >= 11 is 0. The first-order valence-electron chi connectivity index (χ1n) is 5.97. The predicted molar refractivity (Wildman–Crippen MR) is 65.5 cm³/mol. The van der Waals surface area contributed by atoms with Crippen LogP contribution in [-0.2, 0) is 10.3 Å². The number of aliphatic hydroxyl groups excluding tert-OH is 1. The van der Waals surface area contributed by atoms with E-state index in [-0.39, 0.29) is 26.2 Å². The molecule has 0 aromatic heterocycles. The quantitative estimate of drug-likeness (QED) is 0.751. The summed E-state index contributed by atoms with van der Waals surface area (Å²) in [7, 11) is 0. The third kappa shape index (κ3) is 5.59. The molecular weight excluding hydrogens is 259 g/mol. The Morgan fingerprint density at radius 3 is 2.16 bits per heavy atom. The lowest BCUT2D eigenvalue weighted by Crippen LogP contribution is -2.41. The molecule has 0 radical (unpaired) electrons. The van der Waals surface area contributed by atoms with Gasteiger partial charge in [-0.2, -0.15) is 13.2 Å². The first kappa shape index (κ1) is 15.9. The molecule has 0 bridgehead atoms. The number of benzene rings is 1. The van der Waals surface area contributed by atoms with Crippen molar-refractivity contribution in [3.63, 3.8) is 0 Å². The minimum absolute atomic E-state index is 0.0715. The summed E-state index contributed by atoms with van der Waals surface area (Å²) in [6, 6.07) is 8.94. The van der Waals surface area contributed by atoms with Crippen LogP contribution in [-0.4, -0.2) is 31.1 Å². The Morgan fingerprint density at radius 2 is 1.63 bits per heavy atom. The average molecular weight is 277 g/mol. The molecule has 0 aliphatic rings. The number of hydrogen-bond donors (Lipinski definition) is 2. The zero-order chi connectivity index (χ0) is 14.4. The van der Waals surface area contributed by atoms with E-state index in [1.165, 1.54) is 0 Å². The second-order valence-electron chi connectivity index (χ2n) is 4.41. The van der Waals surface area contributed by atoms with Crippen molar-refractivity contribution >= 4 is 0 Å². The van der Waals surface area contributed by atoms with E-state index in [0.717, 1.165) is 5.56 Å². The standard InChI is InChI=1S/C13H18F3NO2/c14-13(15,16)7-9-19-8-6-12(17,10-18)11-4-2-1-3-5-11/h1-5,18H,6-10,17H2. The van der Waals surface area contributed by atoms with Gasteiger partial charge in [0.05, 0.1) is 25.2 Å². The minimum Gasteiger partial charge on any atom is -0.394 e. The van der Waals surface area contributed by atoms with E-state index in [0.29, 0.717) is 0 Å². The van der Waals surface area contributed by atoms with E-state index >= 15 is 0 Å². The highest BCUT2D eigenvalue weighted by Crippen LogP contribution is 2.22. The Morgan fingerprint density at radius 1 is 1.05 bits per heavy atom. The molecule has 108 valence electrons. The molecular formula is C13H18F3NO2. The van der Waals surface area contributed by atoms with Crippen molar-refractivity contribution < 1.29 is 23.0 Å². The Labute approximate surface area is 110 Å². The first-order valence-corrected chi connectivity index (χ1v) is 5.97. The van der Waals surface area contributed by atoms with E-state index in [1.54, 1.807) is 24.3 Å². The van der Waals surface area contributed by atoms with Gasteiger partial charge in [0.1, 0.15) is 0 Å². The van der Waals surface area contributed by atoms with Gasteiger partial charge in [-0.25, -0.2) is 0 Å². The Balaban J connectivity index is 2.41. The van der Waals surface area contributed by atoms with Gasteiger partial charge in [0, 0.05) is 6.61 Å². The molecule has 3 nitrogen and oxygen atoms in total. The van der Waals surface area contributed by atoms with Crippen LogP contribution < -0.4 is 5.73 Å². The topological polar surface area (TPSA) is 55.5 Å². The van der Waals surface area contributed by atoms with Gasteiger partial charge in [0.2, 0.25) is 0 Å². The van der Waals surface area contributed by atoms with Crippen molar-refractivity contribution in [2.75, 3.05) is 19.8 Å². The molecule has 0 fully saturated rings. The van der Waals surface area contributed by atoms with Crippen LogP contribution in [0, 0.1) is 0 Å². The molecule has 0 heterocycles. The number of hydrogen-bond acceptors (Lipinski definition) is 3. The van der Waals surface area contributed by atoms with Gasteiger partial charge in [-0.3, -0.25) is 0 Å². The van der Waals surface area contributed by atoms with Gasteiger partial charge in [-0.05, 0) is 12.0 Å². The maximum atomic E-state index is 11.9. The van der Waals surface area contributed by atoms with Crippen LogP contribution >= 0.6 is 0 Å². The SMILES string of the molecule is NC(CO)(CCOCCC(F)(F)F)c1ccccc1. The number of halogens is 3. The average Bonchev–Trinajstić information content (AvgIpc) is 2.38. The van der Waals surface area contributed by atoms with Crippen molar-refractivity contribution in [1.29, 1.82) is 0 Å². The molecule has 0 aliphatic heterocycles. The number of nitrogens with two attached hydrogens (primary N) is 1. The molecule has 1 aromatic rings. The molecule has 1 unspecified atom stereocenters. The molecule has 1 aromatic carbocycles. The Hall–Kier alpha value is -1.11. The Bertz CT molecular complexity index is 370. The van der Waals surface area contributed by atoms with Crippen molar-refractivity contribution in [1.82, 2.24) is 0 Å². The lowest BCUT2D eigenvalue weighted by Gasteiger charge is -2.27. The van der Waals surface area contributed by atoms with Crippen molar-refractivity contribution in [3.8, 4) is 0 Å². The fraction of sp³-hybridized carbons (Fsp3) is 0.538. The molecule has 6 heteroatoms. The summed E-state index contributed by atoms with van der Waals surface area (Å²) < 4.78 is 40.6. The molecule has 19 heavy (non-hydrogen) atoms.